The Balaban J connectivity index is 2.51. The summed E-state index contributed by atoms with van der Waals surface area (Å²) in [6.45, 7) is 0.526. The SMILES string of the molecule is CS(=O)(=O)CCSC(CN)c1ccccc1. The molecule has 0 spiro atoms. The summed E-state index contributed by atoms with van der Waals surface area (Å²) < 4.78 is 22.0. The average Bonchev–Trinajstić information content (AvgIpc) is 2.24. The van der Waals surface area contributed by atoms with Gasteiger partial charge in [-0.15, -0.1) is 0 Å². The van der Waals surface area contributed by atoms with E-state index in [-0.39, 0.29) is 11.0 Å². The third kappa shape index (κ3) is 5.01. The van der Waals surface area contributed by atoms with Gasteiger partial charge in [-0.05, 0) is 5.56 Å². The lowest BCUT2D eigenvalue weighted by atomic mass is 10.1. The highest BCUT2D eigenvalue weighted by molar-refractivity contribution is 8.00. The Kier molecular flexibility index (Phi) is 5.31. The molecule has 0 aliphatic carbocycles. The van der Waals surface area contributed by atoms with E-state index in [4.69, 9.17) is 5.73 Å². The van der Waals surface area contributed by atoms with Crippen LogP contribution in [0.15, 0.2) is 30.3 Å². The molecular weight excluding hydrogens is 242 g/mol. The average molecular weight is 259 g/mol. The first-order valence-electron chi connectivity index (χ1n) is 5.07. The fourth-order valence-corrected chi connectivity index (χ4v) is 3.68. The van der Waals surface area contributed by atoms with Crippen molar-refractivity contribution in [3.05, 3.63) is 35.9 Å². The molecule has 0 fully saturated rings. The van der Waals surface area contributed by atoms with Crippen molar-refractivity contribution in [1.82, 2.24) is 0 Å². The van der Waals surface area contributed by atoms with Gasteiger partial charge in [0, 0.05) is 23.8 Å². The zero-order chi connectivity index (χ0) is 12.0. The number of sulfone groups is 1. The van der Waals surface area contributed by atoms with Crippen LogP contribution in [0.4, 0.5) is 0 Å². The lowest BCUT2D eigenvalue weighted by Gasteiger charge is -2.14. The first-order valence-corrected chi connectivity index (χ1v) is 8.18. The smallest absolute Gasteiger partial charge is 0.148 e. The summed E-state index contributed by atoms with van der Waals surface area (Å²) in [4.78, 5) is 0. The van der Waals surface area contributed by atoms with Crippen molar-refractivity contribution in [2.75, 3.05) is 24.3 Å². The summed E-state index contributed by atoms with van der Waals surface area (Å²) in [7, 11) is -2.87. The Morgan fingerprint density at radius 3 is 2.44 bits per heavy atom. The molecule has 3 nitrogen and oxygen atoms in total. The Morgan fingerprint density at radius 2 is 1.94 bits per heavy atom. The molecule has 0 saturated heterocycles. The monoisotopic (exact) mass is 259 g/mol. The number of rotatable bonds is 6. The number of hydrogen-bond acceptors (Lipinski definition) is 4. The second kappa shape index (κ2) is 6.27. The molecule has 0 heterocycles. The molecule has 16 heavy (non-hydrogen) atoms. The van der Waals surface area contributed by atoms with Crippen LogP contribution in [0, 0.1) is 0 Å². The maximum Gasteiger partial charge on any atom is 0.148 e. The van der Waals surface area contributed by atoms with Crippen molar-refractivity contribution in [2.45, 2.75) is 5.25 Å². The molecule has 1 aromatic rings. The molecular formula is C11H17NO2S2. The first kappa shape index (κ1) is 13.5. The lowest BCUT2D eigenvalue weighted by molar-refractivity contribution is 0.603. The zero-order valence-corrected chi connectivity index (χ0v) is 10.9. The summed E-state index contributed by atoms with van der Waals surface area (Å²) in [5.41, 5.74) is 6.84. The summed E-state index contributed by atoms with van der Waals surface area (Å²) >= 11 is 1.60. The predicted molar refractivity (Wildman–Crippen MR) is 70.4 cm³/mol. The van der Waals surface area contributed by atoms with Gasteiger partial charge in [-0.1, -0.05) is 30.3 Å². The van der Waals surface area contributed by atoms with E-state index >= 15 is 0 Å². The summed E-state index contributed by atoms with van der Waals surface area (Å²) in [6, 6.07) is 9.93. The maximum atomic E-state index is 11.0. The Morgan fingerprint density at radius 1 is 1.31 bits per heavy atom. The molecule has 1 rings (SSSR count). The van der Waals surface area contributed by atoms with Gasteiger partial charge in [0.15, 0.2) is 0 Å². The largest absolute Gasteiger partial charge is 0.329 e. The fraction of sp³-hybridized carbons (Fsp3) is 0.455. The molecule has 0 amide bonds. The minimum Gasteiger partial charge on any atom is -0.329 e. The number of nitrogens with two attached hydrogens (primary N) is 1. The Hall–Kier alpha value is -0.520. The van der Waals surface area contributed by atoms with E-state index in [0.717, 1.165) is 5.56 Å². The summed E-state index contributed by atoms with van der Waals surface area (Å²) in [5, 5.41) is 0.183. The molecule has 1 aromatic carbocycles. The van der Waals surface area contributed by atoms with Gasteiger partial charge in [0.1, 0.15) is 9.84 Å². The second-order valence-electron chi connectivity index (χ2n) is 3.64. The first-order chi connectivity index (χ1) is 7.53. The quantitative estimate of drug-likeness (QED) is 0.840. The molecule has 0 bridgehead atoms. The molecule has 0 aliphatic heterocycles. The van der Waals surface area contributed by atoms with Gasteiger partial charge >= 0.3 is 0 Å². The van der Waals surface area contributed by atoms with E-state index < -0.39 is 9.84 Å². The molecule has 2 N–H and O–H groups in total. The van der Waals surface area contributed by atoms with E-state index in [2.05, 4.69) is 0 Å². The Bertz CT molecular complexity index is 403. The molecule has 5 heteroatoms. The van der Waals surface area contributed by atoms with Crippen LogP contribution in [-0.4, -0.2) is 32.7 Å². The minimum atomic E-state index is -2.87. The van der Waals surface area contributed by atoms with Gasteiger partial charge < -0.3 is 5.73 Å². The number of hydrogen-bond donors (Lipinski definition) is 1. The van der Waals surface area contributed by atoms with Crippen molar-refractivity contribution in [2.24, 2.45) is 5.73 Å². The van der Waals surface area contributed by atoms with Gasteiger partial charge in [0.25, 0.3) is 0 Å². The van der Waals surface area contributed by atoms with E-state index in [1.54, 1.807) is 11.8 Å². The van der Waals surface area contributed by atoms with E-state index in [9.17, 15) is 8.42 Å². The number of benzene rings is 1. The van der Waals surface area contributed by atoms with Crippen LogP contribution in [0.1, 0.15) is 10.8 Å². The van der Waals surface area contributed by atoms with Crippen LogP contribution < -0.4 is 5.73 Å². The highest BCUT2D eigenvalue weighted by atomic mass is 32.2. The fourth-order valence-electron chi connectivity index (χ4n) is 1.31. The topological polar surface area (TPSA) is 60.2 Å². The number of thioether (sulfide) groups is 1. The third-order valence-corrected chi connectivity index (χ3v) is 4.67. The van der Waals surface area contributed by atoms with Gasteiger partial charge in [0.2, 0.25) is 0 Å². The highest BCUT2D eigenvalue weighted by Crippen LogP contribution is 2.27. The van der Waals surface area contributed by atoms with Gasteiger partial charge in [0.05, 0.1) is 5.75 Å². The predicted octanol–water partition coefficient (Wildman–Crippen LogP) is 1.46. The summed E-state index contributed by atoms with van der Waals surface area (Å²) in [5.74, 6) is 0.802. The minimum absolute atomic E-state index is 0.183. The molecule has 1 atom stereocenters. The molecule has 0 aliphatic rings. The van der Waals surface area contributed by atoms with Gasteiger partial charge in [-0.3, -0.25) is 0 Å². The van der Waals surface area contributed by atoms with Crippen molar-refractivity contribution in [3.63, 3.8) is 0 Å². The molecule has 0 aromatic heterocycles. The Labute approximate surface area is 101 Å². The summed E-state index contributed by atoms with van der Waals surface area (Å²) in [6.07, 6.45) is 1.26. The van der Waals surface area contributed by atoms with Gasteiger partial charge in [-0.2, -0.15) is 11.8 Å². The highest BCUT2D eigenvalue weighted by Gasteiger charge is 2.11. The van der Waals surface area contributed by atoms with E-state index in [1.807, 2.05) is 30.3 Å². The van der Waals surface area contributed by atoms with Crippen molar-refractivity contribution in [3.8, 4) is 0 Å². The second-order valence-corrected chi connectivity index (χ2v) is 7.21. The van der Waals surface area contributed by atoms with Crippen LogP contribution in [0.2, 0.25) is 0 Å². The van der Waals surface area contributed by atoms with Crippen molar-refractivity contribution in [1.29, 1.82) is 0 Å². The maximum absolute atomic E-state index is 11.0. The lowest BCUT2D eigenvalue weighted by Crippen LogP contribution is -2.12. The van der Waals surface area contributed by atoms with E-state index in [0.29, 0.717) is 12.3 Å². The van der Waals surface area contributed by atoms with E-state index in [1.165, 1.54) is 6.26 Å². The molecule has 0 saturated carbocycles. The normalized spacial score (nSPS) is 13.6. The van der Waals surface area contributed by atoms with Crippen LogP contribution in [0.3, 0.4) is 0 Å². The van der Waals surface area contributed by atoms with Crippen LogP contribution in [-0.2, 0) is 9.84 Å². The zero-order valence-electron chi connectivity index (χ0n) is 9.30. The van der Waals surface area contributed by atoms with Crippen LogP contribution in [0.5, 0.6) is 0 Å². The van der Waals surface area contributed by atoms with Crippen LogP contribution in [0.25, 0.3) is 0 Å². The molecule has 90 valence electrons. The van der Waals surface area contributed by atoms with Crippen molar-refractivity contribution < 1.29 is 8.42 Å². The molecule has 1 unspecified atom stereocenters. The third-order valence-electron chi connectivity index (χ3n) is 2.16. The van der Waals surface area contributed by atoms with Crippen LogP contribution >= 0.6 is 11.8 Å². The van der Waals surface area contributed by atoms with Gasteiger partial charge in [-0.25, -0.2) is 8.42 Å². The van der Waals surface area contributed by atoms with Crippen molar-refractivity contribution >= 4 is 21.6 Å². The molecule has 0 radical (unpaired) electrons. The standard InChI is InChI=1S/C11H17NO2S2/c1-16(13,14)8-7-15-11(9-12)10-5-3-2-4-6-10/h2-6,11H,7-9,12H2,1H3.